The molecule has 0 saturated heterocycles. The highest BCUT2D eigenvalue weighted by Crippen LogP contribution is 2.13. The largest absolute Gasteiger partial charge is 0.464 e. The molecule has 1 aromatic carbocycles. The average molecular weight is 283 g/mol. The van der Waals surface area contributed by atoms with Crippen LogP contribution in [0.1, 0.15) is 12.5 Å². The standard InChI is InChI=1S/C14H19ClN2O2/c1-4-19-14(18)13(16-10-17(2)3)9-11-5-7-12(15)8-6-11/h5-8,10,13H,4,9H2,1-3H3. The van der Waals surface area contributed by atoms with Gasteiger partial charge in [0.1, 0.15) is 0 Å². The molecule has 0 aromatic heterocycles. The van der Waals surface area contributed by atoms with Crippen LogP contribution in [0.4, 0.5) is 0 Å². The Labute approximate surface area is 119 Å². The summed E-state index contributed by atoms with van der Waals surface area (Å²) in [5.41, 5.74) is 0.998. The van der Waals surface area contributed by atoms with Gasteiger partial charge in [-0.05, 0) is 24.6 Å². The van der Waals surface area contributed by atoms with Crippen molar-refractivity contribution in [3.63, 3.8) is 0 Å². The fourth-order valence-electron chi connectivity index (χ4n) is 1.49. The molecular formula is C14H19ClN2O2. The van der Waals surface area contributed by atoms with Crippen LogP contribution in [0.15, 0.2) is 29.3 Å². The molecule has 0 saturated carbocycles. The van der Waals surface area contributed by atoms with Crippen LogP contribution in [0.3, 0.4) is 0 Å². The fraction of sp³-hybridized carbons (Fsp3) is 0.429. The Morgan fingerprint density at radius 1 is 1.42 bits per heavy atom. The minimum atomic E-state index is -0.525. The maximum atomic E-state index is 11.8. The van der Waals surface area contributed by atoms with E-state index in [2.05, 4.69) is 4.99 Å². The number of hydrogen-bond donors (Lipinski definition) is 0. The molecule has 1 aromatic rings. The van der Waals surface area contributed by atoms with Gasteiger partial charge >= 0.3 is 5.97 Å². The predicted molar refractivity (Wildman–Crippen MR) is 77.8 cm³/mol. The van der Waals surface area contributed by atoms with E-state index in [1.165, 1.54) is 0 Å². The van der Waals surface area contributed by atoms with Crippen molar-refractivity contribution in [1.82, 2.24) is 4.90 Å². The Morgan fingerprint density at radius 2 is 2.05 bits per heavy atom. The van der Waals surface area contributed by atoms with E-state index >= 15 is 0 Å². The molecule has 5 heteroatoms. The van der Waals surface area contributed by atoms with E-state index in [4.69, 9.17) is 16.3 Å². The quantitative estimate of drug-likeness (QED) is 0.457. The molecule has 1 unspecified atom stereocenters. The number of benzene rings is 1. The molecule has 0 aliphatic rings. The van der Waals surface area contributed by atoms with Crippen molar-refractivity contribution in [2.24, 2.45) is 4.99 Å². The molecule has 0 amide bonds. The highest BCUT2D eigenvalue weighted by molar-refractivity contribution is 6.30. The van der Waals surface area contributed by atoms with E-state index in [9.17, 15) is 4.79 Å². The summed E-state index contributed by atoms with van der Waals surface area (Å²) in [5, 5.41) is 0.674. The Balaban J connectivity index is 2.78. The zero-order valence-electron chi connectivity index (χ0n) is 11.5. The average Bonchev–Trinajstić information content (AvgIpc) is 2.36. The van der Waals surface area contributed by atoms with Gasteiger partial charge in [-0.3, -0.25) is 4.99 Å². The molecule has 0 heterocycles. The molecule has 1 rings (SSSR count). The maximum absolute atomic E-state index is 11.8. The summed E-state index contributed by atoms with van der Waals surface area (Å²) >= 11 is 5.84. The zero-order valence-corrected chi connectivity index (χ0v) is 12.2. The van der Waals surface area contributed by atoms with Gasteiger partial charge in [0.15, 0.2) is 6.04 Å². The lowest BCUT2D eigenvalue weighted by Gasteiger charge is -2.13. The minimum Gasteiger partial charge on any atom is -0.464 e. The third-order valence-electron chi connectivity index (χ3n) is 2.38. The molecular weight excluding hydrogens is 264 g/mol. The van der Waals surface area contributed by atoms with Crippen LogP contribution in [-0.2, 0) is 16.0 Å². The number of halogens is 1. The second kappa shape index (κ2) is 7.79. The highest BCUT2D eigenvalue weighted by Gasteiger charge is 2.18. The normalized spacial score (nSPS) is 12.4. The topological polar surface area (TPSA) is 41.9 Å². The van der Waals surface area contributed by atoms with Crippen molar-refractivity contribution < 1.29 is 9.53 Å². The molecule has 0 radical (unpaired) electrons. The number of nitrogens with zero attached hydrogens (tertiary/aromatic N) is 2. The summed E-state index contributed by atoms with van der Waals surface area (Å²) in [6.07, 6.45) is 2.12. The number of ether oxygens (including phenoxy) is 1. The molecule has 0 aliphatic carbocycles. The van der Waals surface area contributed by atoms with Gasteiger partial charge in [0.05, 0.1) is 12.9 Å². The molecule has 1 atom stereocenters. The van der Waals surface area contributed by atoms with E-state index in [0.29, 0.717) is 18.1 Å². The number of aliphatic imine (C=N–C) groups is 1. The third kappa shape index (κ3) is 5.75. The van der Waals surface area contributed by atoms with Crippen LogP contribution < -0.4 is 0 Å². The van der Waals surface area contributed by atoms with Crippen molar-refractivity contribution in [2.75, 3.05) is 20.7 Å². The second-order valence-corrected chi connectivity index (χ2v) is 4.76. The zero-order chi connectivity index (χ0) is 14.3. The molecule has 19 heavy (non-hydrogen) atoms. The van der Waals surface area contributed by atoms with Crippen molar-refractivity contribution >= 4 is 23.9 Å². The van der Waals surface area contributed by atoms with Crippen LogP contribution in [0.5, 0.6) is 0 Å². The summed E-state index contributed by atoms with van der Waals surface area (Å²) < 4.78 is 5.03. The molecule has 0 aliphatic heterocycles. The number of carbonyl (C=O) groups excluding carboxylic acids is 1. The van der Waals surface area contributed by atoms with Crippen LogP contribution in [0.2, 0.25) is 5.02 Å². The van der Waals surface area contributed by atoms with Crippen molar-refractivity contribution in [3.8, 4) is 0 Å². The summed E-state index contributed by atoms with van der Waals surface area (Å²) in [7, 11) is 3.71. The van der Waals surface area contributed by atoms with Gasteiger partial charge in [-0.2, -0.15) is 0 Å². The number of esters is 1. The van der Waals surface area contributed by atoms with Crippen LogP contribution in [0, 0.1) is 0 Å². The second-order valence-electron chi connectivity index (χ2n) is 4.33. The molecule has 0 spiro atoms. The summed E-state index contributed by atoms with van der Waals surface area (Å²) in [5.74, 6) is -0.310. The summed E-state index contributed by atoms with van der Waals surface area (Å²) in [6.45, 7) is 2.14. The van der Waals surface area contributed by atoms with E-state index in [-0.39, 0.29) is 5.97 Å². The highest BCUT2D eigenvalue weighted by atomic mass is 35.5. The number of carbonyl (C=O) groups is 1. The Bertz CT molecular complexity index is 430. The summed E-state index contributed by atoms with van der Waals surface area (Å²) in [4.78, 5) is 17.9. The first-order valence-corrected chi connectivity index (χ1v) is 6.51. The predicted octanol–water partition coefficient (Wildman–Crippen LogP) is 2.40. The Hall–Kier alpha value is -1.55. The van der Waals surface area contributed by atoms with E-state index in [1.54, 1.807) is 30.3 Å². The van der Waals surface area contributed by atoms with E-state index < -0.39 is 6.04 Å². The number of hydrogen-bond acceptors (Lipinski definition) is 3. The fourth-order valence-corrected chi connectivity index (χ4v) is 1.62. The molecule has 104 valence electrons. The van der Waals surface area contributed by atoms with Crippen LogP contribution in [-0.4, -0.2) is 44.0 Å². The lowest BCUT2D eigenvalue weighted by atomic mass is 10.1. The van der Waals surface area contributed by atoms with E-state index in [0.717, 1.165) is 5.56 Å². The summed E-state index contributed by atoms with van der Waals surface area (Å²) in [6, 6.07) is 6.85. The first-order valence-electron chi connectivity index (χ1n) is 6.13. The Morgan fingerprint density at radius 3 is 2.58 bits per heavy atom. The lowest BCUT2D eigenvalue weighted by molar-refractivity contribution is -0.144. The smallest absolute Gasteiger partial charge is 0.331 e. The van der Waals surface area contributed by atoms with Gasteiger partial charge < -0.3 is 9.64 Å². The van der Waals surface area contributed by atoms with Gasteiger partial charge in [-0.25, -0.2) is 4.79 Å². The van der Waals surface area contributed by atoms with Crippen molar-refractivity contribution in [2.45, 2.75) is 19.4 Å². The molecule has 0 fully saturated rings. The Kier molecular flexibility index (Phi) is 6.36. The molecule has 0 bridgehead atoms. The molecule has 0 N–H and O–H groups in total. The monoisotopic (exact) mass is 282 g/mol. The van der Waals surface area contributed by atoms with Gasteiger partial charge in [0.2, 0.25) is 0 Å². The van der Waals surface area contributed by atoms with Gasteiger partial charge in [-0.15, -0.1) is 0 Å². The lowest BCUT2D eigenvalue weighted by Crippen LogP contribution is -2.25. The van der Waals surface area contributed by atoms with E-state index in [1.807, 2.05) is 26.2 Å². The molecule has 4 nitrogen and oxygen atoms in total. The third-order valence-corrected chi connectivity index (χ3v) is 2.63. The van der Waals surface area contributed by atoms with Crippen LogP contribution in [0.25, 0.3) is 0 Å². The first kappa shape index (κ1) is 15.5. The first-order chi connectivity index (χ1) is 9.02. The van der Waals surface area contributed by atoms with Gasteiger partial charge in [0, 0.05) is 25.5 Å². The van der Waals surface area contributed by atoms with Gasteiger partial charge in [-0.1, -0.05) is 23.7 Å². The van der Waals surface area contributed by atoms with Crippen molar-refractivity contribution in [1.29, 1.82) is 0 Å². The SMILES string of the molecule is CCOC(=O)C(Cc1ccc(Cl)cc1)N=CN(C)C. The van der Waals surface area contributed by atoms with Crippen LogP contribution >= 0.6 is 11.6 Å². The van der Waals surface area contributed by atoms with Crippen molar-refractivity contribution in [3.05, 3.63) is 34.9 Å². The minimum absolute atomic E-state index is 0.310. The van der Waals surface area contributed by atoms with Gasteiger partial charge in [0.25, 0.3) is 0 Å². The maximum Gasteiger partial charge on any atom is 0.331 e. The number of rotatable bonds is 6.